The maximum Gasteiger partial charge on any atom is 0.261 e. The summed E-state index contributed by atoms with van der Waals surface area (Å²) in [7, 11) is -3.74. The fraction of sp³-hybridized carbons (Fsp3) is 0.350. The largest absolute Gasteiger partial charge is 0.484 e. The second-order valence-electron chi connectivity index (χ2n) is 6.88. The smallest absolute Gasteiger partial charge is 0.261 e. The number of carbonyl (C=O) groups is 1. The van der Waals surface area contributed by atoms with Gasteiger partial charge in [0.25, 0.3) is 15.9 Å². The summed E-state index contributed by atoms with van der Waals surface area (Å²) < 4.78 is 33.2. The molecule has 0 saturated heterocycles. The molecule has 0 spiro atoms. The van der Waals surface area contributed by atoms with Gasteiger partial charge in [0.2, 0.25) is 0 Å². The molecule has 6 nitrogen and oxygen atoms in total. The van der Waals surface area contributed by atoms with E-state index in [1.165, 1.54) is 12.1 Å². The summed E-state index contributed by atoms with van der Waals surface area (Å²) in [5.74, 6) is 0.319. The standard InChI is InChI=1S/C20H23ClN2O4S/c1-14-12-18(28(25,26)23-17-8-6-15(21)7-9-17)10-11-19(14)27-13-20(24)22-16-4-2-3-5-16/h6-12,16,23H,2-5,13H2,1H3,(H,22,24). The lowest BCUT2D eigenvalue weighted by Crippen LogP contribution is -2.36. The van der Waals surface area contributed by atoms with Gasteiger partial charge >= 0.3 is 0 Å². The Hall–Kier alpha value is -2.25. The molecule has 1 fully saturated rings. The second kappa shape index (κ2) is 8.84. The van der Waals surface area contributed by atoms with Gasteiger partial charge in [0.15, 0.2) is 6.61 Å². The molecule has 2 aromatic rings. The van der Waals surface area contributed by atoms with E-state index in [-0.39, 0.29) is 23.5 Å². The Morgan fingerprint density at radius 3 is 2.46 bits per heavy atom. The number of hydrogen-bond acceptors (Lipinski definition) is 4. The zero-order chi connectivity index (χ0) is 20.1. The van der Waals surface area contributed by atoms with Crippen molar-refractivity contribution in [2.24, 2.45) is 0 Å². The Kier molecular flexibility index (Phi) is 6.46. The maximum absolute atomic E-state index is 12.6. The topological polar surface area (TPSA) is 84.5 Å². The average Bonchev–Trinajstić information content (AvgIpc) is 3.15. The fourth-order valence-corrected chi connectivity index (χ4v) is 4.44. The first-order valence-electron chi connectivity index (χ1n) is 9.15. The lowest BCUT2D eigenvalue weighted by Gasteiger charge is -2.14. The van der Waals surface area contributed by atoms with Crippen LogP contribution >= 0.6 is 11.6 Å². The summed E-state index contributed by atoms with van der Waals surface area (Å²) in [4.78, 5) is 12.1. The number of halogens is 1. The average molecular weight is 423 g/mol. The van der Waals surface area contributed by atoms with Crippen molar-refractivity contribution in [1.82, 2.24) is 5.32 Å². The molecular weight excluding hydrogens is 400 g/mol. The van der Waals surface area contributed by atoms with E-state index in [1.807, 2.05) is 0 Å². The molecular formula is C20H23ClN2O4S. The summed E-state index contributed by atoms with van der Waals surface area (Å²) >= 11 is 5.82. The van der Waals surface area contributed by atoms with E-state index in [1.54, 1.807) is 37.3 Å². The van der Waals surface area contributed by atoms with Crippen molar-refractivity contribution in [3.05, 3.63) is 53.1 Å². The van der Waals surface area contributed by atoms with Gasteiger partial charge < -0.3 is 10.1 Å². The number of anilines is 1. The molecule has 8 heteroatoms. The minimum Gasteiger partial charge on any atom is -0.484 e. The first-order chi connectivity index (χ1) is 13.3. The first-order valence-corrected chi connectivity index (χ1v) is 11.0. The summed E-state index contributed by atoms with van der Waals surface area (Å²) in [6.07, 6.45) is 4.31. The van der Waals surface area contributed by atoms with Crippen LogP contribution in [0.3, 0.4) is 0 Å². The molecule has 1 saturated carbocycles. The number of aryl methyl sites for hydroxylation is 1. The molecule has 2 aromatic carbocycles. The van der Waals surface area contributed by atoms with Crippen molar-refractivity contribution in [3.8, 4) is 5.75 Å². The van der Waals surface area contributed by atoms with Crippen molar-refractivity contribution in [2.75, 3.05) is 11.3 Å². The van der Waals surface area contributed by atoms with Crippen molar-refractivity contribution in [2.45, 2.75) is 43.5 Å². The zero-order valence-corrected chi connectivity index (χ0v) is 17.1. The van der Waals surface area contributed by atoms with Crippen LogP contribution in [-0.4, -0.2) is 27.0 Å². The van der Waals surface area contributed by atoms with Gasteiger partial charge in [-0.25, -0.2) is 8.42 Å². The maximum atomic E-state index is 12.6. The number of hydrogen-bond donors (Lipinski definition) is 2. The van der Waals surface area contributed by atoms with Crippen molar-refractivity contribution in [3.63, 3.8) is 0 Å². The molecule has 0 aliphatic heterocycles. The summed E-state index contributed by atoms with van der Waals surface area (Å²) in [6, 6.07) is 11.2. The van der Waals surface area contributed by atoms with E-state index in [2.05, 4.69) is 10.0 Å². The van der Waals surface area contributed by atoms with E-state index >= 15 is 0 Å². The molecule has 0 heterocycles. The minimum atomic E-state index is -3.74. The Morgan fingerprint density at radius 2 is 1.82 bits per heavy atom. The number of sulfonamides is 1. The van der Waals surface area contributed by atoms with Crippen molar-refractivity contribution in [1.29, 1.82) is 0 Å². The molecule has 1 aliphatic carbocycles. The third kappa shape index (κ3) is 5.39. The minimum absolute atomic E-state index is 0.0908. The predicted molar refractivity (Wildman–Crippen MR) is 109 cm³/mol. The SMILES string of the molecule is Cc1cc(S(=O)(=O)Nc2ccc(Cl)cc2)ccc1OCC(=O)NC1CCCC1. The third-order valence-corrected chi connectivity index (χ3v) is 6.26. The predicted octanol–water partition coefficient (Wildman–Crippen LogP) is 3.89. The molecule has 0 bridgehead atoms. The first kappa shape index (κ1) is 20.5. The van der Waals surface area contributed by atoms with E-state index in [0.29, 0.717) is 22.0 Å². The Balaban J connectivity index is 1.62. The molecule has 0 radical (unpaired) electrons. The lowest BCUT2D eigenvalue weighted by molar-refractivity contribution is -0.123. The Bertz CT molecular complexity index is 939. The van der Waals surface area contributed by atoms with Crippen LogP contribution in [0.5, 0.6) is 5.75 Å². The number of amides is 1. The summed E-state index contributed by atoms with van der Waals surface area (Å²) in [6.45, 7) is 1.65. The Morgan fingerprint density at radius 1 is 1.14 bits per heavy atom. The van der Waals surface area contributed by atoms with Gasteiger partial charge in [0.05, 0.1) is 4.90 Å². The lowest BCUT2D eigenvalue weighted by atomic mass is 10.2. The van der Waals surface area contributed by atoms with Crippen LogP contribution in [0.4, 0.5) is 5.69 Å². The van der Waals surface area contributed by atoms with E-state index in [0.717, 1.165) is 25.7 Å². The van der Waals surface area contributed by atoms with Crippen LogP contribution in [0.15, 0.2) is 47.4 Å². The molecule has 1 amide bonds. The van der Waals surface area contributed by atoms with Gasteiger partial charge in [-0.05, 0) is 67.8 Å². The monoisotopic (exact) mass is 422 g/mol. The number of benzene rings is 2. The van der Waals surface area contributed by atoms with Crippen LogP contribution < -0.4 is 14.8 Å². The number of ether oxygens (including phenoxy) is 1. The summed E-state index contributed by atoms with van der Waals surface area (Å²) in [5.41, 5.74) is 1.05. The van der Waals surface area contributed by atoms with Gasteiger partial charge in [0, 0.05) is 16.8 Å². The zero-order valence-electron chi connectivity index (χ0n) is 15.6. The highest BCUT2D eigenvalue weighted by atomic mass is 35.5. The molecule has 1 aliphatic rings. The van der Waals surface area contributed by atoms with Gasteiger partial charge in [-0.15, -0.1) is 0 Å². The quantitative estimate of drug-likeness (QED) is 0.709. The van der Waals surface area contributed by atoms with E-state index in [4.69, 9.17) is 16.3 Å². The van der Waals surface area contributed by atoms with Crippen LogP contribution in [0, 0.1) is 6.92 Å². The fourth-order valence-electron chi connectivity index (χ4n) is 3.17. The molecule has 150 valence electrons. The van der Waals surface area contributed by atoms with Crippen LogP contribution in [0.25, 0.3) is 0 Å². The number of carbonyl (C=O) groups excluding carboxylic acids is 1. The molecule has 0 aromatic heterocycles. The van der Waals surface area contributed by atoms with Gasteiger partial charge in [-0.1, -0.05) is 24.4 Å². The van der Waals surface area contributed by atoms with E-state index in [9.17, 15) is 13.2 Å². The number of nitrogens with one attached hydrogen (secondary N) is 2. The van der Waals surface area contributed by atoms with Crippen molar-refractivity contribution < 1.29 is 17.9 Å². The molecule has 2 N–H and O–H groups in total. The highest BCUT2D eigenvalue weighted by molar-refractivity contribution is 7.92. The van der Waals surface area contributed by atoms with Gasteiger partial charge in [-0.3, -0.25) is 9.52 Å². The normalized spacial score (nSPS) is 14.6. The van der Waals surface area contributed by atoms with Crippen LogP contribution in [-0.2, 0) is 14.8 Å². The highest BCUT2D eigenvalue weighted by Crippen LogP contribution is 2.24. The molecule has 3 rings (SSSR count). The molecule has 0 unspecified atom stereocenters. The Labute approximate surface area is 170 Å². The third-order valence-electron chi connectivity index (χ3n) is 4.63. The summed E-state index contributed by atoms with van der Waals surface area (Å²) in [5, 5.41) is 3.48. The van der Waals surface area contributed by atoms with Gasteiger partial charge in [-0.2, -0.15) is 0 Å². The van der Waals surface area contributed by atoms with E-state index < -0.39 is 10.0 Å². The van der Waals surface area contributed by atoms with Crippen LogP contribution in [0.1, 0.15) is 31.2 Å². The highest BCUT2D eigenvalue weighted by Gasteiger charge is 2.18. The van der Waals surface area contributed by atoms with Crippen LogP contribution in [0.2, 0.25) is 5.02 Å². The number of rotatable bonds is 7. The van der Waals surface area contributed by atoms with Gasteiger partial charge in [0.1, 0.15) is 5.75 Å². The van der Waals surface area contributed by atoms with Crippen molar-refractivity contribution >= 4 is 33.2 Å². The molecule has 28 heavy (non-hydrogen) atoms. The molecule has 0 atom stereocenters. The second-order valence-corrected chi connectivity index (χ2v) is 9.00.